The second-order valence-electron chi connectivity index (χ2n) is 5.35. The predicted molar refractivity (Wildman–Crippen MR) is 87.0 cm³/mol. The first-order valence-corrected chi connectivity index (χ1v) is 6.89. The van der Waals surface area contributed by atoms with Crippen LogP contribution in [0.15, 0.2) is 42.5 Å². The minimum atomic E-state index is -0.111. The molecule has 4 N–H and O–H groups in total. The predicted octanol–water partition coefficient (Wildman–Crippen LogP) is 2.99. The van der Waals surface area contributed by atoms with Crippen molar-refractivity contribution in [1.82, 2.24) is 4.90 Å². The van der Waals surface area contributed by atoms with Crippen LogP contribution in [0.1, 0.15) is 34.5 Å². The molecule has 0 saturated heterocycles. The summed E-state index contributed by atoms with van der Waals surface area (Å²) < 4.78 is 0. The molecular weight excluding hydrogens is 262 g/mol. The molecule has 0 bridgehead atoms. The van der Waals surface area contributed by atoms with Crippen LogP contribution in [0.5, 0.6) is 0 Å². The highest BCUT2D eigenvalue weighted by atomic mass is 16.2. The summed E-state index contributed by atoms with van der Waals surface area (Å²) in [5.74, 6) is -0.111. The number of nitrogens with two attached hydrogens (primary N) is 2. The third-order valence-electron chi connectivity index (χ3n) is 3.77. The SMILES string of the molecule is Cc1ccc(C(C)N(C)C(=O)c2ccc(N)cc2N)cc1. The van der Waals surface area contributed by atoms with Gasteiger partial charge in [-0.1, -0.05) is 29.8 Å². The Labute approximate surface area is 125 Å². The molecule has 0 heterocycles. The minimum absolute atomic E-state index is 0.0324. The molecule has 0 saturated carbocycles. The van der Waals surface area contributed by atoms with E-state index in [0.29, 0.717) is 16.9 Å². The molecule has 0 aromatic heterocycles. The smallest absolute Gasteiger partial charge is 0.256 e. The van der Waals surface area contributed by atoms with E-state index in [1.807, 2.05) is 38.1 Å². The third-order valence-corrected chi connectivity index (χ3v) is 3.77. The Morgan fingerprint density at radius 3 is 2.29 bits per heavy atom. The van der Waals surface area contributed by atoms with E-state index in [0.717, 1.165) is 5.56 Å². The van der Waals surface area contributed by atoms with Gasteiger partial charge in [0.05, 0.1) is 11.6 Å². The molecule has 2 aromatic rings. The molecule has 0 aliphatic heterocycles. The number of amides is 1. The Hall–Kier alpha value is -2.49. The highest BCUT2D eigenvalue weighted by Crippen LogP contribution is 2.24. The lowest BCUT2D eigenvalue weighted by Crippen LogP contribution is -2.30. The second-order valence-corrected chi connectivity index (χ2v) is 5.35. The van der Waals surface area contributed by atoms with Crippen molar-refractivity contribution in [3.05, 3.63) is 59.2 Å². The summed E-state index contributed by atoms with van der Waals surface area (Å²) in [7, 11) is 1.78. The molecular formula is C17H21N3O. The van der Waals surface area contributed by atoms with Crippen molar-refractivity contribution in [3.8, 4) is 0 Å². The standard InChI is InChI=1S/C17H21N3O/c1-11-4-6-13(7-5-11)12(2)20(3)17(21)15-9-8-14(18)10-16(15)19/h4-10,12H,18-19H2,1-3H3. The summed E-state index contributed by atoms with van der Waals surface area (Å²) >= 11 is 0. The van der Waals surface area contributed by atoms with E-state index in [1.54, 1.807) is 30.1 Å². The Kier molecular flexibility index (Phi) is 4.17. The van der Waals surface area contributed by atoms with E-state index >= 15 is 0 Å². The lowest BCUT2D eigenvalue weighted by atomic mass is 10.0. The van der Waals surface area contributed by atoms with Crippen LogP contribution in [0.3, 0.4) is 0 Å². The fraction of sp³-hybridized carbons (Fsp3) is 0.235. The van der Waals surface area contributed by atoms with Gasteiger partial charge in [0.1, 0.15) is 0 Å². The van der Waals surface area contributed by atoms with Crippen molar-refractivity contribution in [3.63, 3.8) is 0 Å². The van der Waals surface area contributed by atoms with Gasteiger partial charge in [-0.2, -0.15) is 0 Å². The van der Waals surface area contributed by atoms with Gasteiger partial charge in [-0.05, 0) is 37.6 Å². The van der Waals surface area contributed by atoms with E-state index in [2.05, 4.69) is 0 Å². The molecule has 110 valence electrons. The number of carbonyl (C=O) groups is 1. The number of benzene rings is 2. The highest BCUT2D eigenvalue weighted by Gasteiger charge is 2.20. The quantitative estimate of drug-likeness (QED) is 0.850. The first kappa shape index (κ1) is 14.9. The number of nitrogens with zero attached hydrogens (tertiary/aromatic N) is 1. The van der Waals surface area contributed by atoms with Gasteiger partial charge in [-0.25, -0.2) is 0 Å². The molecule has 0 fully saturated rings. The molecule has 4 nitrogen and oxygen atoms in total. The monoisotopic (exact) mass is 283 g/mol. The lowest BCUT2D eigenvalue weighted by Gasteiger charge is -2.26. The number of nitrogen functional groups attached to an aromatic ring is 2. The molecule has 4 heteroatoms. The molecule has 1 amide bonds. The third kappa shape index (κ3) is 3.16. The van der Waals surface area contributed by atoms with E-state index in [-0.39, 0.29) is 11.9 Å². The van der Waals surface area contributed by atoms with Gasteiger partial charge >= 0.3 is 0 Å². The summed E-state index contributed by atoms with van der Waals surface area (Å²) in [4.78, 5) is 14.3. The minimum Gasteiger partial charge on any atom is -0.399 e. The Bertz CT molecular complexity index is 650. The van der Waals surface area contributed by atoms with Gasteiger partial charge < -0.3 is 16.4 Å². The number of carbonyl (C=O) groups excluding carboxylic acids is 1. The van der Waals surface area contributed by atoms with Gasteiger partial charge in [0.25, 0.3) is 5.91 Å². The fourth-order valence-corrected chi connectivity index (χ4v) is 2.21. The van der Waals surface area contributed by atoms with Crippen molar-refractivity contribution in [1.29, 1.82) is 0 Å². The Morgan fingerprint density at radius 1 is 1.10 bits per heavy atom. The number of hydrogen-bond donors (Lipinski definition) is 2. The number of rotatable bonds is 3. The summed E-state index contributed by atoms with van der Waals surface area (Å²) in [6, 6.07) is 13.1. The Balaban J connectivity index is 2.24. The zero-order valence-electron chi connectivity index (χ0n) is 12.6. The van der Waals surface area contributed by atoms with E-state index in [1.165, 1.54) is 5.56 Å². The molecule has 1 unspecified atom stereocenters. The lowest BCUT2D eigenvalue weighted by molar-refractivity contribution is 0.0744. The number of hydrogen-bond acceptors (Lipinski definition) is 3. The van der Waals surface area contributed by atoms with Crippen LogP contribution in [0.25, 0.3) is 0 Å². The normalized spacial score (nSPS) is 12.0. The van der Waals surface area contributed by atoms with E-state index < -0.39 is 0 Å². The summed E-state index contributed by atoms with van der Waals surface area (Å²) in [6.07, 6.45) is 0. The van der Waals surface area contributed by atoms with Crippen molar-refractivity contribution < 1.29 is 4.79 Å². The topological polar surface area (TPSA) is 72.3 Å². The van der Waals surface area contributed by atoms with Crippen molar-refractivity contribution >= 4 is 17.3 Å². The van der Waals surface area contributed by atoms with E-state index in [9.17, 15) is 4.79 Å². The molecule has 2 aromatic carbocycles. The van der Waals surface area contributed by atoms with Gasteiger partial charge in [0, 0.05) is 18.4 Å². The van der Waals surface area contributed by atoms with Gasteiger partial charge in [-0.15, -0.1) is 0 Å². The number of anilines is 2. The van der Waals surface area contributed by atoms with Crippen LogP contribution in [-0.4, -0.2) is 17.9 Å². The fourth-order valence-electron chi connectivity index (χ4n) is 2.21. The Morgan fingerprint density at radius 2 is 1.71 bits per heavy atom. The van der Waals surface area contributed by atoms with Gasteiger partial charge in [0.2, 0.25) is 0 Å². The zero-order valence-corrected chi connectivity index (χ0v) is 12.6. The summed E-state index contributed by atoms with van der Waals surface area (Å²) in [6.45, 7) is 4.04. The van der Waals surface area contributed by atoms with Gasteiger partial charge in [0.15, 0.2) is 0 Å². The summed E-state index contributed by atoms with van der Waals surface area (Å²) in [5.41, 5.74) is 15.3. The van der Waals surface area contributed by atoms with Crippen LogP contribution in [0.2, 0.25) is 0 Å². The zero-order chi connectivity index (χ0) is 15.6. The van der Waals surface area contributed by atoms with Crippen LogP contribution in [0.4, 0.5) is 11.4 Å². The second kappa shape index (κ2) is 5.87. The molecule has 0 spiro atoms. The number of aryl methyl sites for hydroxylation is 1. The first-order valence-electron chi connectivity index (χ1n) is 6.89. The van der Waals surface area contributed by atoms with Crippen LogP contribution in [-0.2, 0) is 0 Å². The largest absolute Gasteiger partial charge is 0.399 e. The average Bonchev–Trinajstić information content (AvgIpc) is 2.46. The molecule has 1 atom stereocenters. The van der Waals surface area contributed by atoms with Gasteiger partial charge in [-0.3, -0.25) is 4.79 Å². The van der Waals surface area contributed by atoms with Crippen molar-refractivity contribution in [2.75, 3.05) is 18.5 Å². The molecule has 0 radical (unpaired) electrons. The molecule has 0 aliphatic carbocycles. The van der Waals surface area contributed by atoms with Crippen LogP contribution in [0, 0.1) is 6.92 Å². The maximum Gasteiger partial charge on any atom is 0.256 e. The molecule has 21 heavy (non-hydrogen) atoms. The maximum absolute atomic E-state index is 12.6. The molecule has 2 rings (SSSR count). The maximum atomic E-state index is 12.6. The summed E-state index contributed by atoms with van der Waals surface area (Å²) in [5, 5.41) is 0. The van der Waals surface area contributed by atoms with Crippen molar-refractivity contribution in [2.24, 2.45) is 0 Å². The van der Waals surface area contributed by atoms with Crippen LogP contribution < -0.4 is 11.5 Å². The first-order chi connectivity index (χ1) is 9.90. The van der Waals surface area contributed by atoms with Crippen molar-refractivity contribution in [2.45, 2.75) is 19.9 Å². The highest BCUT2D eigenvalue weighted by molar-refractivity contribution is 5.99. The molecule has 0 aliphatic rings. The van der Waals surface area contributed by atoms with Crippen LogP contribution >= 0.6 is 0 Å². The average molecular weight is 283 g/mol. The van der Waals surface area contributed by atoms with E-state index in [4.69, 9.17) is 11.5 Å².